The molecule has 1 rings (SSSR count). The van der Waals surface area contributed by atoms with Crippen molar-refractivity contribution in [2.24, 2.45) is 0 Å². The molecule has 0 aromatic heterocycles. The lowest BCUT2D eigenvalue weighted by atomic mass is 10.2. The zero-order valence-electron chi connectivity index (χ0n) is 7.67. The number of aromatic carboxylic acids is 1. The number of hydrogen-bond donors (Lipinski definition) is 1. The molecule has 0 amide bonds. The highest BCUT2D eigenvalue weighted by Crippen LogP contribution is 2.27. The predicted molar refractivity (Wildman–Crippen MR) is 61.8 cm³/mol. The minimum Gasteiger partial charge on any atom is -0.488 e. The molecule has 3 nitrogen and oxygen atoms in total. The van der Waals surface area contributed by atoms with Gasteiger partial charge in [0.25, 0.3) is 0 Å². The van der Waals surface area contributed by atoms with Gasteiger partial charge in [0.1, 0.15) is 23.7 Å². The van der Waals surface area contributed by atoms with Gasteiger partial charge in [-0.05, 0) is 34.7 Å². The summed E-state index contributed by atoms with van der Waals surface area (Å²) in [7, 11) is 0. The smallest absolute Gasteiger partial charge is 0.339 e. The van der Waals surface area contributed by atoms with Gasteiger partial charge in [0.2, 0.25) is 0 Å². The third-order valence-electron chi connectivity index (χ3n) is 1.58. The first kappa shape index (κ1) is 12.0. The molecule has 0 fully saturated rings. The average molecular weight is 322 g/mol. The first-order valence-electron chi connectivity index (χ1n) is 4.02. The molecule has 0 unspecified atom stereocenters. The van der Waals surface area contributed by atoms with E-state index in [4.69, 9.17) is 9.84 Å². The summed E-state index contributed by atoms with van der Waals surface area (Å²) >= 11 is 1.82. The Kier molecular flexibility index (Phi) is 4.07. The van der Waals surface area contributed by atoms with Crippen LogP contribution in [-0.4, -0.2) is 17.7 Å². The van der Waals surface area contributed by atoms with Crippen LogP contribution in [0.3, 0.4) is 0 Å². The molecular weight excluding hydrogens is 314 g/mol. The number of carboxylic acid groups (broad SMARTS) is 1. The molecule has 1 aromatic rings. The maximum Gasteiger partial charge on any atom is 0.339 e. The zero-order chi connectivity index (χ0) is 11.4. The molecule has 0 aliphatic heterocycles. The molecule has 15 heavy (non-hydrogen) atoms. The van der Waals surface area contributed by atoms with Gasteiger partial charge in [0.05, 0.1) is 3.57 Å². The Balaban J connectivity index is 3.20. The Morgan fingerprint density at radius 1 is 1.67 bits per heavy atom. The molecule has 0 spiro atoms. The summed E-state index contributed by atoms with van der Waals surface area (Å²) in [5.74, 6) is -1.64. The molecule has 1 N–H and O–H groups in total. The van der Waals surface area contributed by atoms with Crippen molar-refractivity contribution in [3.63, 3.8) is 0 Å². The van der Waals surface area contributed by atoms with E-state index in [9.17, 15) is 9.18 Å². The normalized spacial score (nSPS) is 9.73. The van der Waals surface area contributed by atoms with E-state index in [0.717, 1.165) is 6.07 Å². The fourth-order valence-electron chi connectivity index (χ4n) is 1.01. The van der Waals surface area contributed by atoms with E-state index >= 15 is 0 Å². The van der Waals surface area contributed by atoms with Gasteiger partial charge in [-0.2, -0.15) is 0 Å². The summed E-state index contributed by atoms with van der Waals surface area (Å²) in [6.07, 6.45) is 1.49. The van der Waals surface area contributed by atoms with Crippen molar-refractivity contribution < 1.29 is 19.0 Å². The maximum absolute atomic E-state index is 12.9. The largest absolute Gasteiger partial charge is 0.488 e. The quantitative estimate of drug-likeness (QED) is 0.685. The number of carbonyl (C=O) groups is 1. The van der Waals surface area contributed by atoms with Gasteiger partial charge in [0.15, 0.2) is 0 Å². The fraction of sp³-hybridized carbons (Fsp3) is 0.100. The van der Waals surface area contributed by atoms with Crippen molar-refractivity contribution in [3.8, 4) is 5.75 Å². The monoisotopic (exact) mass is 322 g/mol. The zero-order valence-corrected chi connectivity index (χ0v) is 9.82. The summed E-state index contributed by atoms with van der Waals surface area (Å²) in [6, 6.07) is 2.15. The molecule has 0 bridgehead atoms. The number of hydrogen-bond acceptors (Lipinski definition) is 2. The Hall–Kier alpha value is -1.11. The Labute approximate surface area is 99.7 Å². The maximum atomic E-state index is 12.9. The van der Waals surface area contributed by atoms with E-state index in [2.05, 4.69) is 6.58 Å². The molecule has 0 heterocycles. The number of rotatable bonds is 4. The van der Waals surface area contributed by atoms with Crippen LogP contribution < -0.4 is 4.74 Å². The van der Waals surface area contributed by atoms with Crippen LogP contribution in [0.25, 0.3) is 0 Å². The third kappa shape index (κ3) is 2.92. The molecule has 1 aromatic carbocycles. The van der Waals surface area contributed by atoms with E-state index < -0.39 is 11.8 Å². The molecule has 0 aliphatic rings. The topological polar surface area (TPSA) is 46.5 Å². The van der Waals surface area contributed by atoms with Crippen LogP contribution in [0.4, 0.5) is 4.39 Å². The molecule has 0 radical (unpaired) electrons. The predicted octanol–water partition coefficient (Wildman–Crippen LogP) is 2.69. The van der Waals surface area contributed by atoms with E-state index in [1.54, 1.807) is 0 Å². The van der Waals surface area contributed by atoms with Crippen LogP contribution in [0.5, 0.6) is 5.75 Å². The number of carboxylic acids is 1. The Morgan fingerprint density at radius 2 is 2.33 bits per heavy atom. The number of halogens is 2. The van der Waals surface area contributed by atoms with E-state index in [1.807, 2.05) is 22.6 Å². The van der Waals surface area contributed by atoms with Crippen molar-refractivity contribution in [2.45, 2.75) is 0 Å². The van der Waals surface area contributed by atoms with Crippen LogP contribution in [0, 0.1) is 9.39 Å². The number of benzene rings is 1. The first-order chi connectivity index (χ1) is 7.06. The molecule has 0 saturated heterocycles. The van der Waals surface area contributed by atoms with Gasteiger partial charge in [-0.15, -0.1) is 0 Å². The van der Waals surface area contributed by atoms with Gasteiger partial charge in [-0.1, -0.05) is 12.7 Å². The van der Waals surface area contributed by atoms with Crippen molar-refractivity contribution in [3.05, 3.63) is 39.7 Å². The van der Waals surface area contributed by atoms with Crippen LogP contribution in [0.1, 0.15) is 10.4 Å². The lowest BCUT2D eigenvalue weighted by Crippen LogP contribution is -2.05. The van der Waals surface area contributed by atoms with Crippen LogP contribution in [0.15, 0.2) is 24.8 Å². The SMILES string of the molecule is C=CCOc1c(I)cc(F)cc1C(=O)O. The standard InChI is InChI=1S/C10H8FIO3/c1-2-3-15-9-7(10(13)14)4-6(11)5-8(9)12/h2,4-5H,1,3H2,(H,13,14). The Bertz CT molecular complexity index is 404. The van der Waals surface area contributed by atoms with Gasteiger partial charge in [0, 0.05) is 0 Å². The van der Waals surface area contributed by atoms with E-state index in [-0.39, 0.29) is 17.9 Å². The van der Waals surface area contributed by atoms with Crippen molar-refractivity contribution >= 4 is 28.6 Å². The molecule has 0 saturated carbocycles. The average Bonchev–Trinajstić information content (AvgIpc) is 2.15. The molecule has 0 aliphatic carbocycles. The van der Waals surface area contributed by atoms with Crippen LogP contribution in [-0.2, 0) is 0 Å². The van der Waals surface area contributed by atoms with Crippen molar-refractivity contribution in [2.75, 3.05) is 6.61 Å². The van der Waals surface area contributed by atoms with E-state index in [1.165, 1.54) is 12.1 Å². The highest BCUT2D eigenvalue weighted by Gasteiger charge is 2.16. The highest BCUT2D eigenvalue weighted by molar-refractivity contribution is 14.1. The van der Waals surface area contributed by atoms with Gasteiger partial charge in [-0.25, -0.2) is 9.18 Å². The van der Waals surface area contributed by atoms with Gasteiger partial charge in [-0.3, -0.25) is 0 Å². The summed E-state index contributed by atoms with van der Waals surface area (Å²) < 4.78 is 18.5. The van der Waals surface area contributed by atoms with Crippen molar-refractivity contribution in [1.29, 1.82) is 0 Å². The van der Waals surface area contributed by atoms with Crippen LogP contribution >= 0.6 is 22.6 Å². The molecule has 80 valence electrons. The second-order valence-corrected chi connectivity index (χ2v) is 3.83. The number of ether oxygens (including phenoxy) is 1. The van der Waals surface area contributed by atoms with Crippen molar-refractivity contribution in [1.82, 2.24) is 0 Å². The second kappa shape index (κ2) is 5.11. The summed E-state index contributed by atoms with van der Waals surface area (Å²) in [5.41, 5.74) is -0.179. The lowest BCUT2D eigenvalue weighted by Gasteiger charge is -2.09. The summed E-state index contributed by atoms with van der Waals surface area (Å²) in [6.45, 7) is 3.63. The van der Waals surface area contributed by atoms with Gasteiger partial charge < -0.3 is 9.84 Å². The minimum atomic E-state index is -1.22. The van der Waals surface area contributed by atoms with Gasteiger partial charge >= 0.3 is 5.97 Å². The fourth-order valence-corrected chi connectivity index (χ4v) is 1.75. The molecular formula is C10H8FIO3. The second-order valence-electron chi connectivity index (χ2n) is 2.67. The Morgan fingerprint density at radius 3 is 2.87 bits per heavy atom. The van der Waals surface area contributed by atoms with E-state index in [0.29, 0.717) is 3.57 Å². The molecule has 5 heteroatoms. The minimum absolute atomic E-state index is 0.171. The van der Waals surface area contributed by atoms with Crippen LogP contribution in [0.2, 0.25) is 0 Å². The first-order valence-corrected chi connectivity index (χ1v) is 5.10. The summed E-state index contributed by atoms with van der Waals surface area (Å²) in [4.78, 5) is 10.8. The molecule has 0 atom stereocenters. The summed E-state index contributed by atoms with van der Waals surface area (Å²) in [5, 5.41) is 8.84. The third-order valence-corrected chi connectivity index (χ3v) is 2.39. The lowest BCUT2D eigenvalue weighted by molar-refractivity contribution is 0.0692. The highest BCUT2D eigenvalue weighted by atomic mass is 127.